The second-order valence-electron chi connectivity index (χ2n) is 19.6. The molecule has 2 unspecified atom stereocenters. The minimum Gasteiger partial charge on any atom is -0.465 e. The van der Waals surface area contributed by atoms with E-state index in [0.717, 1.165) is 56.9 Å². The number of benzene rings is 2. The lowest BCUT2D eigenvalue weighted by Gasteiger charge is -2.31. The molecule has 5 atom stereocenters. The number of carbonyl (C=O) groups excluding carboxylic acids is 2. The van der Waals surface area contributed by atoms with Crippen LogP contribution in [0, 0.1) is 18.4 Å². The molecule has 2 aromatic carbocycles. The van der Waals surface area contributed by atoms with Crippen LogP contribution >= 0.6 is 7.75 Å². The molecular formula is C57H84FN6O8P. The number of esters is 2. The minimum atomic E-state index is -4.58. The Bertz CT molecular complexity index is 2280. The number of carbonyl (C=O) groups is 2. The van der Waals surface area contributed by atoms with Crippen LogP contribution in [0.25, 0.3) is 11.2 Å². The number of para-hydroxylation sites is 1. The van der Waals surface area contributed by atoms with Crippen molar-refractivity contribution in [3.63, 3.8) is 0 Å². The van der Waals surface area contributed by atoms with E-state index in [1.165, 1.54) is 107 Å². The van der Waals surface area contributed by atoms with Gasteiger partial charge in [-0.15, -0.1) is 6.42 Å². The minimum absolute atomic E-state index is 0.0314. The second kappa shape index (κ2) is 33.1. The smallest absolute Gasteiger partial charge is 0.459 e. The first-order valence-electron chi connectivity index (χ1n) is 27.6. The topological polar surface area (TPSA) is 179 Å². The van der Waals surface area contributed by atoms with Crippen LogP contribution in [-0.2, 0) is 39.3 Å². The summed E-state index contributed by atoms with van der Waals surface area (Å²) < 4.78 is 62.0. The first-order chi connectivity index (χ1) is 35.6. The third-order valence-corrected chi connectivity index (χ3v) is 15.1. The van der Waals surface area contributed by atoms with Crippen molar-refractivity contribution < 1.29 is 41.8 Å². The first kappa shape index (κ1) is 59.0. The lowest BCUT2D eigenvalue weighted by Crippen LogP contribution is -2.46. The van der Waals surface area contributed by atoms with Crippen molar-refractivity contribution in [2.45, 2.75) is 218 Å². The quantitative estimate of drug-likeness (QED) is 0.0142. The predicted molar refractivity (Wildman–Crippen MR) is 286 cm³/mol. The van der Waals surface area contributed by atoms with Crippen molar-refractivity contribution >= 4 is 36.7 Å². The van der Waals surface area contributed by atoms with E-state index in [0.29, 0.717) is 12.8 Å². The Morgan fingerprint density at radius 2 is 1.34 bits per heavy atom. The predicted octanol–water partition coefficient (Wildman–Crippen LogP) is 13.9. The van der Waals surface area contributed by atoms with Crippen LogP contribution in [0.1, 0.15) is 199 Å². The summed E-state index contributed by atoms with van der Waals surface area (Å²) in [4.78, 5) is 39.3. The van der Waals surface area contributed by atoms with Gasteiger partial charge in [-0.05, 0) is 37.0 Å². The van der Waals surface area contributed by atoms with Gasteiger partial charge in [-0.2, -0.15) is 19.4 Å². The van der Waals surface area contributed by atoms with Crippen LogP contribution in [0.4, 0.5) is 10.2 Å². The fraction of sp³-hybridized carbons (Fsp3) is 0.632. The SMILES string of the molecule is C#C[C@]1(COP(=O)(NC(Cc2ccccc2)C(=O)OCCCCCCCCCCCCCCCCCCCC)Oc2ccccc2)O[C@@H](n2cnc3c(N)nc(F)nc32)C[C@@H]1OC(=O)CCCCCCCCC. The van der Waals surface area contributed by atoms with Gasteiger partial charge in [0.05, 0.1) is 12.9 Å². The molecule has 2 aromatic heterocycles. The van der Waals surface area contributed by atoms with E-state index in [4.69, 9.17) is 35.4 Å². The van der Waals surface area contributed by atoms with Gasteiger partial charge in [0.1, 0.15) is 30.7 Å². The zero-order valence-corrected chi connectivity index (χ0v) is 44.7. The molecule has 1 aliphatic heterocycles. The van der Waals surface area contributed by atoms with Crippen LogP contribution in [0.2, 0.25) is 0 Å². The monoisotopic (exact) mass is 1030 g/mol. The number of aromatic nitrogens is 4. The molecule has 0 bridgehead atoms. The molecule has 1 aliphatic rings. The standard InChI is InChI=1S/C57H84FN6O8P/c1-4-7-9-11-13-14-15-16-17-18-19-20-21-22-23-25-27-35-41-68-55(66)48(42-46-36-30-28-31-37-46)63-73(67,72-47-38-32-29-33-39-47)69-44-57(6-3)49(70-51(65)40-34-26-24-12-10-8-5-2)43-50(71-57)64-45-60-52-53(59)61-56(58)62-54(52)64/h3,28-33,36-39,45,48-50H,4-5,7-27,34-35,40-44H2,1-2H3,(H,63,67)(H2,59,61,62)/t48?,49-,50+,57+,73?/m0/s1. The van der Waals surface area contributed by atoms with Gasteiger partial charge in [-0.25, -0.2) is 9.55 Å². The highest BCUT2D eigenvalue weighted by molar-refractivity contribution is 7.52. The Kier molecular flexibility index (Phi) is 26.8. The molecule has 73 heavy (non-hydrogen) atoms. The summed E-state index contributed by atoms with van der Waals surface area (Å²) >= 11 is 0. The molecule has 1 saturated heterocycles. The van der Waals surface area contributed by atoms with E-state index >= 15 is 4.57 Å². The fourth-order valence-electron chi connectivity index (χ4n) is 9.31. The maximum Gasteiger partial charge on any atom is 0.459 e. The Balaban J connectivity index is 1.21. The molecular weight excluding hydrogens is 947 g/mol. The molecule has 0 amide bonds. The van der Waals surface area contributed by atoms with Gasteiger partial charge in [0.25, 0.3) is 0 Å². The van der Waals surface area contributed by atoms with Crippen molar-refractivity contribution in [2.75, 3.05) is 18.9 Å². The molecule has 3 N–H and O–H groups in total. The second-order valence-corrected chi connectivity index (χ2v) is 21.3. The van der Waals surface area contributed by atoms with Crippen LogP contribution in [0.3, 0.4) is 0 Å². The lowest BCUT2D eigenvalue weighted by atomic mass is 9.98. The largest absolute Gasteiger partial charge is 0.465 e. The van der Waals surface area contributed by atoms with Crippen molar-refractivity contribution in [1.29, 1.82) is 0 Å². The Hall–Kier alpha value is -4.87. The third kappa shape index (κ3) is 20.8. The Morgan fingerprint density at radius 3 is 1.90 bits per heavy atom. The number of nitrogens with two attached hydrogens (primary N) is 1. The number of imidazole rings is 1. The third-order valence-electron chi connectivity index (χ3n) is 13.6. The molecule has 16 heteroatoms. The summed E-state index contributed by atoms with van der Waals surface area (Å²) in [5.41, 5.74) is 5.05. The summed E-state index contributed by atoms with van der Waals surface area (Å²) in [6.45, 7) is 4.00. The van der Waals surface area contributed by atoms with Gasteiger partial charge in [0.2, 0.25) is 0 Å². The van der Waals surface area contributed by atoms with Crippen LogP contribution in [0.5, 0.6) is 5.75 Å². The normalized spacial score (nSPS) is 17.8. The summed E-state index contributed by atoms with van der Waals surface area (Å²) in [5, 5.41) is 2.90. The number of halogens is 1. The molecule has 3 heterocycles. The van der Waals surface area contributed by atoms with Crippen molar-refractivity contribution in [1.82, 2.24) is 24.6 Å². The van der Waals surface area contributed by atoms with E-state index in [-0.39, 0.29) is 48.6 Å². The highest BCUT2D eigenvalue weighted by Gasteiger charge is 2.53. The number of anilines is 1. The molecule has 0 radical (unpaired) electrons. The first-order valence-corrected chi connectivity index (χ1v) is 29.1. The van der Waals surface area contributed by atoms with Gasteiger partial charge in [0, 0.05) is 12.8 Å². The van der Waals surface area contributed by atoms with Crippen molar-refractivity contribution in [3.05, 3.63) is 78.6 Å². The van der Waals surface area contributed by atoms with Gasteiger partial charge in [-0.1, -0.05) is 216 Å². The van der Waals surface area contributed by atoms with Gasteiger partial charge in [0.15, 0.2) is 22.6 Å². The highest BCUT2D eigenvalue weighted by atomic mass is 31.2. The number of nitrogens with zero attached hydrogens (tertiary/aromatic N) is 4. The molecule has 0 saturated carbocycles. The van der Waals surface area contributed by atoms with E-state index < -0.39 is 56.3 Å². The van der Waals surface area contributed by atoms with Crippen molar-refractivity contribution in [3.8, 4) is 18.1 Å². The summed E-state index contributed by atoms with van der Waals surface area (Å²) in [5.74, 6) is 1.52. The van der Waals surface area contributed by atoms with E-state index in [9.17, 15) is 14.0 Å². The average Bonchev–Trinajstić information content (AvgIpc) is 3.98. The number of terminal acetylenes is 1. The molecule has 0 spiro atoms. The molecule has 1 fully saturated rings. The van der Waals surface area contributed by atoms with E-state index in [2.05, 4.69) is 39.8 Å². The number of nitrogens with one attached hydrogen (secondary N) is 1. The van der Waals surface area contributed by atoms with Crippen LogP contribution in [-0.4, -0.2) is 62.4 Å². The highest BCUT2D eigenvalue weighted by Crippen LogP contribution is 2.49. The fourth-order valence-corrected chi connectivity index (χ4v) is 10.8. The van der Waals surface area contributed by atoms with Gasteiger partial charge in [-0.3, -0.25) is 18.7 Å². The number of ether oxygens (including phenoxy) is 3. The maximum atomic E-state index is 15.2. The number of unbranched alkanes of at least 4 members (excludes halogenated alkanes) is 23. The number of hydrogen-bond donors (Lipinski definition) is 2. The molecule has 14 nitrogen and oxygen atoms in total. The zero-order chi connectivity index (χ0) is 52.0. The molecule has 4 aromatic rings. The Labute approximate surface area is 434 Å². The van der Waals surface area contributed by atoms with Crippen LogP contribution < -0.4 is 15.3 Å². The van der Waals surface area contributed by atoms with E-state index in [1.807, 2.05) is 30.3 Å². The van der Waals surface area contributed by atoms with Gasteiger partial charge < -0.3 is 24.5 Å². The van der Waals surface area contributed by atoms with Gasteiger partial charge >= 0.3 is 25.8 Å². The Morgan fingerprint density at radius 1 is 0.808 bits per heavy atom. The summed E-state index contributed by atoms with van der Waals surface area (Å²) in [7, 11) is -4.58. The maximum absolute atomic E-state index is 15.2. The average molecular weight is 1030 g/mol. The summed E-state index contributed by atoms with van der Waals surface area (Å²) in [6, 6.07) is 16.5. The number of rotatable bonds is 39. The molecule has 5 rings (SSSR count). The van der Waals surface area contributed by atoms with E-state index in [1.54, 1.807) is 30.3 Å². The number of fused-ring (bicyclic) bond motifs is 1. The number of nitrogen functional groups attached to an aromatic ring is 1. The molecule has 0 aliphatic carbocycles. The lowest BCUT2D eigenvalue weighted by molar-refractivity contribution is -0.158. The summed E-state index contributed by atoms with van der Waals surface area (Å²) in [6.07, 6.45) is 34.2. The van der Waals surface area contributed by atoms with Crippen molar-refractivity contribution in [2.24, 2.45) is 0 Å². The zero-order valence-electron chi connectivity index (χ0n) is 43.8. The number of hydrogen-bond acceptors (Lipinski definition) is 12. The molecule has 402 valence electrons. The van der Waals surface area contributed by atoms with Crippen LogP contribution in [0.15, 0.2) is 67.0 Å².